The van der Waals surface area contributed by atoms with Gasteiger partial charge in [-0.2, -0.15) is 0 Å². The van der Waals surface area contributed by atoms with Crippen LogP contribution in [0, 0.1) is 0 Å². The molecule has 106 valence electrons. The minimum atomic E-state index is -3.36. The van der Waals surface area contributed by atoms with Crippen molar-refractivity contribution in [2.24, 2.45) is 0 Å². The van der Waals surface area contributed by atoms with E-state index in [1.54, 1.807) is 12.1 Å². The van der Waals surface area contributed by atoms with Gasteiger partial charge in [0, 0.05) is 0 Å². The zero-order valence-corrected chi connectivity index (χ0v) is 10.6. The molecule has 0 heterocycles. The van der Waals surface area contributed by atoms with E-state index >= 15 is 0 Å². The molecular formula is C12H15F2NO4. The summed E-state index contributed by atoms with van der Waals surface area (Å²) in [5.41, 5.74) is 0.0792. The Labute approximate surface area is 109 Å². The summed E-state index contributed by atoms with van der Waals surface area (Å²) in [5.74, 6) is -3.61. The van der Waals surface area contributed by atoms with E-state index in [1.807, 2.05) is 5.32 Å². The van der Waals surface area contributed by atoms with Gasteiger partial charge in [0.2, 0.25) is 0 Å². The van der Waals surface area contributed by atoms with E-state index in [1.165, 1.54) is 20.3 Å². The first-order valence-electron chi connectivity index (χ1n) is 5.43. The number of carbonyl (C=O) groups excluding carboxylic acids is 1. The molecule has 2 N–H and O–H groups in total. The highest BCUT2D eigenvalue weighted by Gasteiger charge is 2.29. The third-order valence-corrected chi connectivity index (χ3v) is 2.39. The lowest BCUT2D eigenvalue weighted by Gasteiger charge is -2.16. The molecule has 19 heavy (non-hydrogen) atoms. The summed E-state index contributed by atoms with van der Waals surface area (Å²) in [7, 11) is 2.75. The van der Waals surface area contributed by atoms with Crippen LogP contribution in [0.15, 0.2) is 18.2 Å². The summed E-state index contributed by atoms with van der Waals surface area (Å²) < 4.78 is 35.7. The summed E-state index contributed by atoms with van der Waals surface area (Å²) in [6.07, 6.45) is 0. The van der Waals surface area contributed by atoms with Crippen LogP contribution in [-0.4, -0.2) is 44.3 Å². The Morgan fingerprint density at radius 3 is 2.58 bits per heavy atom. The van der Waals surface area contributed by atoms with Crippen LogP contribution in [0.5, 0.6) is 11.5 Å². The maximum Gasteiger partial charge on any atom is 0.287 e. The minimum Gasteiger partial charge on any atom is -0.493 e. The molecule has 1 aromatic rings. The Kier molecular flexibility index (Phi) is 5.05. The van der Waals surface area contributed by atoms with Gasteiger partial charge in [0.05, 0.1) is 26.3 Å². The molecule has 1 amide bonds. The number of amides is 1. The second kappa shape index (κ2) is 6.33. The molecule has 0 unspecified atom stereocenters. The van der Waals surface area contributed by atoms with Crippen LogP contribution < -0.4 is 14.8 Å². The molecule has 0 bridgehead atoms. The predicted molar refractivity (Wildman–Crippen MR) is 63.9 cm³/mol. The molecule has 0 fully saturated rings. The number of nitrogens with one attached hydrogen (secondary N) is 1. The van der Waals surface area contributed by atoms with Crippen LogP contribution in [0.1, 0.15) is 10.4 Å². The van der Waals surface area contributed by atoms with Crippen molar-refractivity contribution in [3.8, 4) is 11.5 Å². The summed E-state index contributed by atoms with van der Waals surface area (Å²) >= 11 is 0. The van der Waals surface area contributed by atoms with Gasteiger partial charge in [0.15, 0.2) is 11.5 Å². The van der Waals surface area contributed by atoms with Crippen LogP contribution in [0.25, 0.3) is 0 Å². The first-order valence-corrected chi connectivity index (χ1v) is 5.43. The number of methoxy groups -OCH3 is 2. The summed E-state index contributed by atoms with van der Waals surface area (Å²) in [4.78, 5) is 11.8. The predicted octanol–water partition coefficient (Wildman–Crippen LogP) is 1.06. The lowest BCUT2D eigenvalue weighted by Crippen LogP contribution is -2.39. The first-order chi connectivity index (χ1) is 8.95. The van der Waals surface area contributed by atoms with Crippen molar-refractivity contribution in [3.63, 3.8) is 0 Å². The molecule has 0 spiro atoms. The first kappa shape index (κ1) is 15.2. The van der Waals surface area contributed by atoms with Crippen molar-refractivity contribution < 1.29 is 28.2 Å². The molecule has 0 saturated carbocycles. The maximum atomic E-state index is 12.8. The Hall–Kier alpha value is -1.89. The minimum absolute atomic E-state index is 0.0792. The number of halogens is 2. The molecule has 1 rings (SSSR count). The van der Waals surface area contributed by atoms with Crippen LogP contribution in [0.3, 0.4) is 0 Å². The van der Waals surface area contributed by atoms with E-state index in [9.17, 15) is 13.6 Å². The number of alkyl halides is 2. The highest BCUT2D eigenvalue weighted by molar-refractivity contribution is 5.97. The summed E-state index contributed by atoms with van der Waals surface area (Å²) in [5, 5.41) is 10.4. The van der Waals surface area contributed by atoms with Gasteiger partial charge in [-0.1, -0.05) is 6.07 Å². The molecule has 0 aliphatic rings. The molecule has 0 aliphatic heterocycles. The number of hydrogen-bond donors (Lipinski definition) is 2. The Morgan fingerprint density at radius 2 is 2.05 bits per heavy atom. The van der Waals surface area contributed by atoms with Crippen molar-refractivity contribution in [3.05, 3.63) is 23.8 Å². The van der Waals surface area contributed by atoms with Crippen molar-refractivity contribution >= 4 is 5.91 Å². The maximum absolute atomic E-state index is 12.8. The molecular weight excluding hydrogens is 260 g/mol. The Morgan fingerprint density at radius 1 is 1.37 bits per heavy atom. The smallest absolute Gasteiger partial charge is 0.287 e. The van der Waals surface area contributed by atoms with Gasteiger partial charge in [-0.15, -0.1) is 0 Å². The SMILES string of the molecule is COc1cccc(C(=O)NCC(F)(F)CO)c1OC. The van der Waals surface area contributed by atoms with Crippen molar-refractivity contribution in [1.29, 1.82) is 0 Å². The number of carbonyl (C=O) groups is 1. The summed E-state index contributed by atoms with van der Waals surface area (Å²) in [6.45, 7) is -2.29. The number of hydrogen-bond acceptors (Lipinski definition) is 4. The average Bonchev–Trinajstić information content (AvgIpc) is 2.43. The van der Waals surface area contributed by atoms with Crippen molar-refractivity contribution in [2.75, 3.05) is 27.4 Å². The molecule has 1 aromatic carbocycles. The van der Waals surface area contributed by atoms with Crippen molar-refractivity contribution in [2.45, 2.75) is 5.92 Å². The second-order valence-electron chi connectivity index (χ2n) is 3.74. The highest BCUT2D eigenvalue weighted by atomic mass is 19.3. The number of benzene rings is 1. The normalized spacial score (nSPS) is 11.0. The van der Waals surface area contributed by atoms with E-state index < -0.39 is 25.0 Å². The van der Waals surface area contributed by atoms with Gasteiger partial charge < -0.3 is 19.9 Å². The number of para-hydroxylation sites is 1. The molecule has 0 saturated heterocycles. The fourth-order valence-corrected chi connectivity index (χ4v) is 1.43. The van der Waals surface area contributed by atoms with E-state index in [0.717, 1.165) is 0 Å². The number of aliphatic hydroxyl groups excluding tert-OH is 1. The highest BCUT2D eigenvalue weighted by Crippen LogP contribution is 2.30. The van der Waals surface area contributed by atoms with Gasteiger partial charge in [-0.05, 0) is 12.1 Å². The van der Waals surface area contributed by atoms with E-state index in [-0.39, 0.29) is 11.3 Å². The van der Waals surface area contributed by atoms with Crippen LogP contribution >= 0.6 is 0 Å². The fourth-order valence-electron chi connectivity index (χ4n) is 1.43. The topological polar surface area (TPSA) is 67.8 Å². The monoisotopic (exact) mass is 275 g/mol. The van der Waals surface area contributed by atoms with Crippen LogP contribution in [0.4, 0.5) is 8.78 Å². The molecule has 0 radical (unpaired) electrons. The Bertz CT molecular complexity index is 451. The number of ether oxygens (including phenoxy) is 2. The third kappa shape index (κ3) is 3.78. The Balaban J connectivity index is 2.88. The molecule has 5 nitrogen and oxygen atoms in total. The third-order valence-electron chi connectivity index (χ3n) is 2.39. The quantitative estimate of drug-likeness (QED) is 0.814. The van der Waals surface area contributed by atoms with Gasteiger partial charge in [0.25, 0.3) is 11.8 Å². The molecule has 7 heteroatoms. The number of rotatable bonds is 6. The van der Waals surface area contributed by atoms with Crippen molar-refractivity contribution in [1.82, 2.24) is 5.32 Å². The fraction of sp³-hybridized carbons (Fsp3) is 0.417. The van der Waals surface area contributed by atoms with E-state index in [2.05, 4.69) is 0 Å². The standard InChI is InChI=1S/C12H15F2NO4/c1-18-9-5-3-4-8(10(9)19-2)11(17)15-6-12(13,14)7-16/h3-5,16H,6-7H2,1-2H3,(H,15,17). The lowest BCUT2D eigenvalue weighted by molar-refractivity contribution is -0.0462. The number of aliphatic hydroxyl groups is 1. The van der Waals surface area contributed by atoms with Gasteiger partial charge in [-0.3, -0.25) is 4.79 Å². The second-order valence-corrected chi connectivity index (χ2v) is 3.74. The zero-order valence-electron chi connectivity index (χ0n) is 10.6. The average molecular weight is 275 g/mol. The van der Waals surface area contributed by atoms with Gasteiger partial charge in [-0.25, -0.2) is 8.78 Å². The molecule has 0 atom stereocenters. The van der Waals surface area contributed by atoms with Gasteiger partial charge >= 0.3 is 0 Å². The lowest BCUT2D eigenvalue weighted by atomic mass is 10.1. The summed E-state index contributed by atoms with van der Waals surface area (Å²) in [6, 6.07) is 4.55. The van der Waals surface area contributed by atoms with Gasteiger partial charge in [0.1, 0.15) is 6.61 Å². The molecule has 0 aliphatic carbocycles. The van der Waals surface area contributed by atoms with E-state index in [4.69, 9.17) is 14.6 Å². The van der Waals surface area contributed by atoms with Crippen LogP contribution in [0.2, 0.25) is 0 Å². The largest absolute Gasteiger partial charge is 0.493 e. The van der Waals surface area contributed by atoms with E-state index in [0.29, 0.717) is 5.75 Å². The zero-order chi connectivity index (χ0) is 14.5. The van der Waals surface area contributed by atoms with Crippen LogP contribution in [-0.2, 0) is 0 Å². The molecule has 0 aromatic heterocycles.